The number of likely N-dealkylation sites (tertiary alicyclic amines) is 1. The van der Waals surface area contributed by atoms with Gasteiger partial charge in [0.05, 0.1) is 13.0 Å². The fourth-order valence-corrected chi connectivity index (χ4v) is 5.62. The summed E-state index contributed by atoms with van der Waals surface area (Å²) in [5.41, 5.74) is 6.97. The lowest BCUT2D eigenvalue weighted by molar-refractivity contribution is -0.141. The van der Waals surface area contributed by atoms with Crippen molar-refractivity contribution in [1.82, 2.24) is 9.88 Å². The molecule has 5 rings (SSSR count). The Labute approximate surface area is 219 Å². The summed E-state index contributed by atoms with van der Waals surface area (Å²) in [5, 5.41) is 9.31. The summed E-state index contributed by atoms with van der Waals surface area (Å²) in [7, 11) is 1.65. The molecule has 0 radical (unpaired) electrons. The van der Waals surface area contributed by atoms with Gasteiger partial charge in [0.1, 0.15) is 11.9 Å². The van der Waals surface area contributed by atoms with E-state index in [0.717, 1.165) is 42.8 Å². The molecule has 1 aromatic heterocycles. The Balaban J connectivity index is 1.46. The van der Waals surface area contributed by atoms with E-state index < -0.39 is 11.9 Å². The maximum Gasteiger partial charge on any atom is 0.306 e. The Bertz CT molecular complexity index is 1270. The summed E-state index contributed by atoms with van der Waals surface area (Å²) in [6.07, 6.45) is 6.61. The van der Waals surface area contributed by atoms with Crippen LogP contribution in [-0.2, 0) is 17.6 Å². The fourth-order valence-electron chi connectivity index (χ4n) is 5.62. The van der Waals surface area contributed by atoms with Crippen molar-refractivity contribution in [2.45, 2.75) is 58.1 Å². The summed E-state index contributed by atoms with van der Waals surface area (Å²) < 4.78 is 12.0. The minimum absolute atomic E-state index is 0.0369. The first-order valence-electron chi connectivity index (χ1n) is 13.3. The second-order valence-corrected chi connectivity index (χ2v) is 10.4. The molecule has 2 aromatic carbocycles. The Morgan fingerprint density at radius 1 is 1.14 bits per heavy atom. The number of hydrogen-bond donors (Lipinski definition) is 1. The smallest absolute Gasteiger partial charge is 0.306 e. The van der Waals surface area contributed by atoms with Crippen molar-refractivity contribution < 1.29 is 19.4 Å². The van der Waals surface area contributed by atoms with Crippen molar-refractivity contribution in [2.75, 3.05) is 20.2 Å². The number of ether oxygens (including phenoxy) is 2. The van der Waals surface area contributed by atoms with E-state index in [0.29, 0.717) is 12.3 Å². The average molecular weight is 501 g/mol. The van der Waals surface area contributed by atoms with E-state index in [2.05, 4.69) is 41.1 Å². The molecule has 194 valence electrons. The van der Waals surface area contributed by atoms with Crippen molar-refractivity contribution in [3.05, 3.63) is 77.0 Å². The van der Waals surface area contributed by atoms with Crippen LogP contribution < -0.4 is 9.47 Å². The fraction of sp³-hybridized carbons (Fsp3) is 0.419. The molecule has 0 aliphatic carbocycles. The van der Waals surface area contributed by atoms with Crippen LogP contribution in [0.1, 0.15) is 67.5 Å². The van der Waals surface area contributed by atoms with Crippen LogP contribution in [0.2, 0.25) is 0 Å². The van der Waals surface area contributed by atoms with E-state index >= 15 is 0 Å². The first-order valence-corrected chi connectivity index (χ1v) is 13.3. The Hall–Kier alpha value is -3.38. The van der Waals surface area contributed by atoms with Gasteiger partial charge in [0, 0.05) is 18.3 Å². The largest absolute Gasteiger partial charge is 0.485 e. The molecule has 3 aromatic rings. The van der Waals surface area contributed by atoms with Crippen molar-refractivity contribution in [3.8, 4) is 22.8 Å². The molecule has 6 heteroatoms. The van der Waals surface area contributed by atoms with Crippen molar-refractivity contribution in [1.29, 1.82) is 0 Å². The predicted molar refractivity (Wildman–Crippen MR) is 144 cm³/mol. The molecule has 1 fully saturated rings. The standard InChI is InChI=1S/C31H36N2O4/c1-20(31(34)35)16-22-6-7-23-9-11-28(37-29(23)17-22)25-8-10-26(24-12-13-32-30(19-24)36-3)27(18-25)21(2)33-14-4-5-15-33/h6-8,10,12-13,17-21,28H,4-5,9,11,14-16H2,1-3H3,(H,34,35)/t20?,21?,28-/m0/s1. The van der Waals surface area contributed by atoms with Crippen molar-refractivity contribution in [2.24, 2.45) is 5.92 Å². The number of fused-ring (bicyclic) bond motifs is 1. The van der Waals surface area contributed by atoms with Gasteiger partial charge >= 0.3 is 5.97 Å². The normalized spacial score (nSPS) is 19.1. The van der Waals surface area contributed by atoms with Gasteiger partial charge in [0.25, 0.3) is 0 Å². The van der Waals surface area contributed by atoms with Gasteiger partial charge in [0.15, 0.2) is 0 Å². The van der Waals surface area contributed by atoms with Gasteiger partial charge in [0.2, 0.25) is 5.88 Å². The number of nitrogens with zero attached hydrogens (tertiary/aromatic N) is 2. The number of carboxylic acids is 1. The predicted octanol–water partition coefficient (Wildman–Crippen LogP) is 6.24. The highest BCUT2D eigenvalue weighted by atomic mass is 16.5. The van der Waals surface area contributed by atoms with Crippen LogP contribution in [0.4, 0.5) is 0 Å². The molecule has 2 unspecified atom stereocenters. The highest BCUT2D eigenvalue weighted by Gasteiger charge is 2.26. The third kappa shape index (κ3) is 5.49. The zero-order valence-corrected chi connectivity index (χ0v) is 21.9. The van der Waals surface area contributed by atoms with Gasteiger partial charge in [-0.05, 0) is 104 Å². The molecule has 0 saturated carbocycles. The van der Waals surface area contributed by atoms with E-state index in [4.69, 9.17) is 9.47 Å². The van der Waals surface area contributed by atoms with Crippen LogP contribution in [-0.4, -0.2) is 41.2 Å². The van der Waals surface area contributed by atoms with E-state index in [1.165, 1.54) is 35.1 Å². The summed E-state index contributed by atoms with van der Waals surface area (Å²) >= 11 is 0. The molecule has 0 spiro atoms. The maximum atomic E-state index is 11.3. The lowest BCUT2D eigenvalue weighted by Crippen LogP contribution is -2.24. The lowest BCUT2D eigenvalue weighted by Gasteiger charge is -2.30. The molecule has 2 aliphatic heterocycles. The molecular weight excluding hydrogens is 464 g/mol. The van der Waals surface area contributed by atoms with Gasteiger partial charge in [-0.3, -0.25) is 9.69 Å². The molecule has 6 nitrogen and oxygen atoms in total. The van der Waals surface area contributed by atoms with Gasteiger partial charge in [-0.25, -0.2) is 4.98 Å². The van der Waals surface area contributed by atoms with Gasteiger partial charge in [-0.2, -0.15) is 0 Å². The van der Waals surface area contributed by atoms with Crippen LogP contribution in [0.25, 0.3) is 11.1 Å². The maximum absolute atomic E-state index is 11.3. The van der Waals surface area contributed by atoms with Crippen LogP contribution in [0, 0.1) is 5.92 Å². The molecule has 2 aliphatic rings. The van der Waals surface area contributed by atoms with Gasteiger partial charge in [-0.15, -0.1) is 0 Å². The molecule has 0 amide bonds. The van der Waals surface area contributed by atoms with Crippen molar-refractivity contribution >= 4 is 5.97 Å². The minimum Gasteiger partial charge on any atom is -0.485 e. The first-order chi connectivity index (χ1) is 17.9. The zero-order chi connectivity index (χ0) is 25.9. The number of rotatable bonds is 8. The Morgan fingerprint density at radius 3 is 2.70 bits per heavy atom. The SMILES string of the molecule is COc1cc(-c2ccc([C@@H]3CCc4ccc(CC(C)C(=O)O)cc4O3)cc2C(C)N2CCCC2)ccn1. The number of benzene rings is 2. The van der Waals surface area contributed by atoms with E-state index in [1.54, 1.807) is 20.2 Å². The van der Waals surface area contributed by atoms with Crippen molar-refractivity contribution in [3.63, 3.8) is 0 Å². The lowest BCUT2D eigenvalue weighted by atomic mass is 9.89. The number of aliphatic carboxylic acids is 1. The van der Waals surface area contributed by atoms with Gasteiger partial charge < -0.3 is 14.6 Å². The van der Waals surface area contributed by atoms with Crippen LogP contribution in [0.15, 0.2) is 54.7 Å². The molecule has 3 atom stereocenters. The second-order valence-electron chi connectivity index (χ2n) is 10.4. The van der Waals surface area contributed by atoms with Crippen LogP contribution >= 0.6 is 0 Å². The topological polar surface area (TPSA) is 71.9 Å². The molecule has 3 heterocycles. The number of aryl methyl sites for hydroxylation is 1. The third-order valence-electron chi connectivity index (χ3n) is 7.88. The Kier molecular flexibility index (Phi) is 7.47. The van der Waals surface area contributed by atoms with E-state index in [1.807, 2.05) is 24.3 Å². The Morgan fingerprint density at radius 2 is 1.95 bits per heavy atom. The van der Waals surface area contributed by atoms with Gasteiger partial charge in [-0.1, -0.05) is 31.2 Å². The molecule has 37 heavy (non-hydrogen) atoms. The molecule has 1 N–H and O–H groups in total. The molecule has 0 bridgehead atoms. The zero-order valence-electron chi connectivity index (χ0n) is 21.9. The summed E-state index contributed by atoms with van der Waals surface area (Å²) in [6, 6.07) is 17.2. The highest BCUT2D eigenvalue weighted by molar-refractivity contribution is 5.70. The molecule has 1 saturated heterocycles. The highest BCUT2D eigenvalue weighted by Crippen LogP contribution is 2.40. The second kappa shape index (κ2) is 10.9. The summed E-state index contributed by atoms with van der Waals surface area (Å²) in [6.45, 7) is 6.29. The quantitative estimate of drug-likeness (QED) is 0.395. The minimum atomic E-state index is -0.775. The monoisotopic (exact) mass is 500 g/mol. The van der Waals surface area contributed by atoms with Crippen LogP contribution in [0.5, 0.6) is 11.6 Å². The number of pyridine rings is 1. The number of carbonyl (C=O) groups is 1. The number of aromatic nitrogens is 1. The first kappa shape index (κ1) is 25.3. The van der Waals surface area contributed by atoms with E-state index in [-0.39, 0.29) is 12.1 Å². The van der Waals surface area contributed by atoms with Crippen LogP contribution in [0.3, 0.4) is 0 Å². The molecular formula is C31H36N2O4. The number of hydrogen-bond acceptors (Lipinski definition) is 5. The summed E-state index contributed by atoms with van der Waals surface area (Å²) in [4.78, 5) is 18.2. The third-order valence-corrected chi connectivity index (χ3v) is 7.88. The van der Waals surface area contributed by atoms with E-state index in [9.17, 15) is 9.90 Å². The number of methoxy groups -OCH3 is 1. The number of carboxylic acid groups (broad SMARTS) is 1. The average Bonchev–Trinajstić information content (AvgIpc) is 3.47. The summed E-state index contributed by atoms with van der Waals surface area (Å²) in [5.74, 6) is 0.291.